The summed E-state index contributed by atoms with van der Waals surface area (Å²) in [7, 11) is 2.87. The van der Waals surface area contributed by atoms with Crippen molar-refractivity contribution in [2.75, 3.05) is 34.0 Å². The number of ether oxygens (including phenoxy) is 4. The zero-order valence-corrected chi connectivity index (χ0v) is 15.6. The van der Waals surface area contributed by atoms with Crippen LogP contribution in [-0.4, -0.2) is 45.9 Å². The SMILES string of the molecule is COc1cccc(OC)c1C(=O)OCC(=O)NCCOc1cccc(C)c1. The van der Waals surface area contributed by atoms with Gasteiger partial charge in [-0.25, -0.2) is 4.79 Å². The number of benzene rings is 2. The molecule has 0 heterocycles. The average molecular weight is 373 g/mol. The molecule has 0 aromatic heterocycles. The summed E-state index contributed by atoms with van der Waals surface area (Å²) in [5.41, 5.74) is 1.23. The second kappa shape index (κ2) is 10.1. The predicted octanol–water partition coefficient (Wildman–Crippen LogP) is 2.36. The van der Waals surface area contributed by atoms with E-state index in [4.69, 9.17) is 18.9 Å². The maximum Gasteiger partial charge on any atom is 0.346 e. The number of esters is 1. The summed E-state index contributed by atoms with van der Waals surface area (Å²) in [5, 5.41) is 2.63. The summed E-state index contributed by atoms with van der Waals surface area (Å²) in [6, 6.07) is 12.5. The van der Waals surface area contributed by atoms with Gasteiger partial charge in [-0.1, -0.05) is 18.2 Å². The van der Waals surface area contributed by atoms with Crippen LogP contribution in [0.4, 0.5) is 0 Å². The van der Waals surface area contributed by atoms with E-state index in [9.17, 15) is 9.59 Å². The van der Waals surface area contributed by atoms with Gasteiger partial charge in [0.25, 0.3) is 5.91 Å². The van der Waals surface area contributed by atoms with Gasteiger partial charge in [0.15, 0.2) is 6.61 Å². The Hall–Kier alpha value is -3.22. The summed E-state index contributed by atoms with van der Waals surface area (Å²) in [6.07, 6.45) is 0. The van der Waals surface area contributed by atoms with Crippen molar-refractivity contribution in [3.63, 3.8) is 0 Å². The summed E-state index contributed by atoms with van der Waals surface area (Å²) in [5.74, 6) is 0.233. The summed E-state index contributed by atoms with van der Waals surface area (Å²) >= 11 is 0. The highest BCUT2D eigenvalue weighted by Crippen LogP contribution is 2.28. The molecule has 1 N–H and O–H groups in total. The van der Waals surface area contributed by atoms with Crippen LogP contribution < -0.4 is 19.5 Å². The van der Waals surface area contributed by atoms with E-state index >= 15 is 0 Å². The molecule has 0 radical (unpaired) electrons. The van der Waals surface area contributed by atoms with E-state index in [0.717, 1.165) is 11.3 Å². The highest BCUT2D eigenvalue weighted by molar-refractivity contribution is 5.96. The van der Waals surface area contributed by atoms with E-state index < -0.39 is 18.5 Å². The fourth-order valence-corrected chi connectivity index (χ4v) is 2.37. The Labute approximate surface area is 158 Å². The number of carbonyl (C=O) groups excluding carboxylic acids is 2. The van der Waals surface area contributed by atoms with E-state index in [1.54, 1.807) is 18.2 Å². The van der Waals surface area contributed by atoms with Crippen molar-refractivity contribution >= 4 is 11.9 Å². The molecule has 0 spiro atoms. The molecular formula is C20H23NO6. The first-order chi connectivity index (χ1) is 13.0. The molecule has 2 rings (SSSR count). The molecular weight excluding hydrogens is 350 g/mol. The van der Waals surface area contributed by atoms with Crippen LogP contribution >= 0.6 is 0 Å². The molecule has 144 valence electrons. The minimum absolute atomic E-state index is 0.137. The minimum Gasteiger partial charge on any atom is -0.496 e. The van der Waals surface area contributed by atoms with E-state index in [1.165, 1.54) is 14.2 Å². The number of carbonyl (C=O) groups is 2. The largest absolute Gasteiger partial charge is 0.496 e. The Kier molecular flexibility index (Phi) is 7.49. The first-order valence-electron chi connectivity index (χ1n) is 8.39. The fraction of sp³-hybridized carbons (Fsp3) is 0.300. The van der Waals surface area contributed by atoms with Gasteiger partial charge in [0.1, 0.15) is 29.4 Å². The first-order valence-corrected chi connectivity index (χ1v) is 8.39. The molecule has 0 aliphatic heterocycles. The van der Waals surface area contributed by atoms with Gasteiger partial charge in [-0.2, -0.15) is 0 Å². The van der Waals surface area contributed by atoms with Crippen molar-refractivity contribution in [2.24, 2.45) is 0 Å². The van der Waals surface area contributed by atoms with Gasteiger partial charge in [0.05, 0.1) is 20.8 Å². The molecule has 2 aromatic carbocycles. The van der Waals surface area contributed by atoms with Crippen molar-refractivity contribution in [3.8, 4) is 17.2 Å². The van der Waals surface area contributed by atoms with Crippen LogP contribution in [0.2, 0.25) is 0 Å². The zero-order valence-electron chi connectivity index (χ0n) is 15.6. The van der Waals surface area contributed by atoms with Crippen molar-refractivity contribution in [3.05, 3.63) is 53.6 Å². The van der Waals surface area contributed by atoms with E-state index in [-0.39, 0.29) is 5.56 Å². The Balaban J connectivity index is 1.78. The second-order valence-corrected chi connectivity index (χ2v) is 5.63. The molecule has 2 aromatic rings. The molecule has 0 bridgehead atoms. The number of hydrogen-bond acceptors (Lipinski definition) is 6. The van der Waals surface area contributed by atoms with Crippen LogP contribution in [-0.2, 0) is 9.53 Å². The lowest BCUT2D eigenvalue weighted by Gasteiger charge is -2.12. The normalized spacial score (nSPS) is 10.0. The summed E-state index contributed by atoms with van der Waals surface area (Å²) in [4.78, 5) is 24.1. The minimum atomic E-state index is -0.699. The quantitative estimate of drug-likeness (QED) is 0.537. The molecule has 0 aliphatic rings. The van der Waals surface area contributed by atoms with Crippen LogP contribution in [0.3, 0.4) is 0 Å². The molecule has 0 saturated heterocycles. The molecule has 7 heteroatoms. The van der Waals surface area contributed by atoms with Crippen molar-refractivity contribution in [2.45, 2.75) is 6.92 Å². The second-order valence-electron chi connectivity index (χ2n) is 5.63. The standard InChI is InChI=1S/C20H23NO6/c1-14-6-4-7-15(12-14)26-11-10-21-18(22)13-27-20(23)19-16(24-2)8-5-9-17(19)25-3/h4-9,12H,10-11,13H2,1-3H3,(H,21,22). The van der Waals surface area contributed by atoms with Gasteiger partial charge < -0.3 is 24.3 Å². The number of methoxy groups -OCH3 is 2. The molecule has 7 nitrogen and oxygen atoms in total. The number of amides is 1. The van der Waals surface area contributed by atoms with Crippen LogP contribution in [0.5, 0.6) is 17.2 Å². The van der Waals surface area contributed by atoms with Gasteiger partial charge in [0, 0.05) is 0 Å². The third-order valence-electron chi connectivity index (χ3n) is 3.65. The van der Waals surface area contributed by atoms with Crippen LogP contribution in [0.25, 0.3) is 0 Å². The van der Waals surface area contributed by atoms with Crippen molar-refractivity contribution in [1.82, 2.24) is 5.32 Å². The van der Waals surface area contributed by atoms with Crippen LogP contribution in [0.15, 0.2) is 42.5 Å². The van der Waals surface area contributed by atoms with E-state index in [2.05, 4.69) is 5.32 Å². The Morgan fingerprint density at radius 2 is 1.67 bits per heavy atom. The molecule has 0 unspecified atom stereocenters. The highest BCUT2D eigenvalue weighted by Gasteiger charge is 2.20. The highest BCUT2D eigenvalue weighted by atomic mass is 16.5. The molecule has 0 atom stereocenters. The van der Waals surface area contributed by atoms with Crippen LogP contribution in [0, 0.1) is 6.92 Å². The lowest BCUT2D eigenvalue weighted by molar-refractivity contribution is -0.124. The predicted molar refractivity (Wildman–Crippen MR) is 99.5 cm³/mol. The number of hydrogen-bond donors (Lipinski definition) is 1. The van der Waals surface area contributed by atoms with E-state index in [0.29, 0.717) is 24.7 Å². The Bertz CT molecular complexity index is 768. The van der Waals surface area contributed by atoms with Crippen molar-refractivity contribution in [1.29, 1.82) is 0 Å². The zero-order chi connectivity index (χ0) is 19.6. The van der Waals surface area contributed by atoms with Gasteiger partial charge in [-0.05, 0) is 36.8 Å². The molecule has 1 amide bonds. The number of aryl methyl sites for hydroxylation is 1. The lowest BCUT2D eigenvalue weighted by atomic mass is 10.2. The third-order valence-corrected chi connectivity index (χ3v) is 3.65. The van der Waals surface area contributed by atoms with Gasteiger partial charge in [-0.15, -0.1) is 0 Å². The Morgan fingerprint density at radius 1 is 1.00 bits per heavy atom. The summed E-state index contributed by atoms with van der Waals surface area (Å²) < 4.78 is 20.9. The van der Waals surface area contributed by atoms with E-state index in [1.807, 2.05) is 31.2 Å². The Morgan fingerprint density at radius 3 is 2.30 bits per heavy atom. The molecule has 0 saturated carbocycles. The van der Waals surface area contributed by atoms with Gasteiger partial charge in [0.2, 0.25) is 0 Å². The number of rotatable bonds is 9. The number of nitrogens with one attached hydrogen (secondary N) is 1. The average Bonchev–Trinajstić information content (AvgIpc) is 2.68. The molecule has 0 fully saturated rings. The smallest absolute Gasteiger partial charge is 0.346 e. The topological polar surface area (TPSA) is 83.1 Å². The van der Waals surface area contributed by atoms with Gasteiger partial charge >= 0.3 is 5.97 Å². The maximum atomic E-state index is 12.3. The maximum absolute atomic E-state index is 12.3. The van der Waals surface area contributed by atoms with Crippen molar-refractivity contribution < 1.29 is 28.5 Å². The fourth-order valence-electron chi connectivity index (χ4n) is 2.37. The molecule has 27 heavy (non-hydrogen) atoms. The first kappa shape index (κ1) is 20.1. The lowest BCUT2D eigenvalue weighted by Crippen LogP contribution is -2.32. The monoisotopic (exact) mass is 373 g/mol. The third kappa shape index (κ3) is 5.91. The van der Waals surface area contributed by atoms with Gasteiger partial charge in [-0.3, -0.25) is 4.79 Å². The van der Waals surface area contributed by atoms with Crippen LogP contribution in [0.1, 0.15) is 15.9 Å². The molecule has 0 aliphatic carbocycles. The summed E-state index contributed by atoms with van der Waals surface area (Å²) in [6.45, 7) is 2.16.